The van der Waals surface area contributed by atoms with Gasteiger partial charge >= 0.3 is 12.0 Å². The molecule has 1 aliphatic carbocycles. The number of esters is 1. The number of primary amides is 1. The lowest BCUT2D eigenvalue weighted by Gasteiger charge is -2.27. The highest BCUT2D eigenvalue weighted by Crippen LogP contribution is 2.13. The maximum absolute atomic E-state index is 13.7. The molecule has 0 spiro atoms. The van der Waals surface area contributed by atoms with E-state index < -0.39 is 59.7 Å². The van der Waals surface area contributed by atoms with E-state index >= 15 is 0 Å². The number of urea groups is 1. The molecule has 0 saturated carbocycles. The van der Waals surface area contributed by atoms with Crippen molar-refractivity contribution in [3.05, 3.63) is 29.8 Å². The van der Waals surface area contributed by atoms with Crippen molar-refractivity contribution in [2.45, 2.75) is 109 Å². The summed E-state index contributed by atoms with van der Waals surface area (Å²) in [6, 6.07) is 2.23. The topological polar surface area (TPSA) is 293 Å². The standard InChI is InChI=1S/C45H71N7O14/c1-32(2)41(44(59)51-36(12-9-20-48-45(46)60)42(57)49-34-15-13-33(30-53)14-16-34)52-43(58)37(17-18-40(56)61-3)50-38(54)19-22-62-24-26-64-28-29-65-27-25-63-23-21-47-39(55)31-66-35-10-7-5-4-6-8-11-35/h13-16,32,35-37,41,53H,4-7,9-10,12,17-31H2,1-3H3,(H,47,55)(H,49,57)(H,50,54)(H,51,59)(H,52,58)(H3,46,48,60)/t35-,36-,37-,41-/m0/s1. The lowest BCUT2D eigenvalue weighted by Crippen LogP contribution is -2.58. The molecule has 0 aliphatic heterocycles. The van der Waals surface area contributed by atoms with Gasteiger partial charge in [0.05, 0.1) is 66.6 Å². The van der Waals surface area contributed by atoms with Crippen molar-refractivity contribution in [3.8, 4) is 11.8 Å². The Hall–Kier alpha value is -5.37. The van der Waals surface area contributed by atoms with Crippen LogP contribution >= 0.6 is 0 Å². The number of methoxy groups -OCH3 is 1. The lowest BCUT2D eigenvalue weighted by atomic mass is 10.0. The quantitative estimate of drug-likeness (QED) is 0.0266. The zero-order valence-corrected chi connectivity index (χ0v) is 38.6. The van der Waals surface area contributed by atoms with Gasteiger partial charge in [-0.3, -0.25) is 28.8 Å². The molecule has 0 saturated heterocycles. The number of anilines is 1. The maximum Gasteiger partial charge on any atom is 0.312 e. The molecule has 1 aromatic rings. The zero-order chi connectivity index (χ0) is 48.4. The van der Waals surface area contributed by atoms with Crippen LogP contribution < -0.4 is 37.6 Å². The van der Waals surface area contributed by atoms with Crippen molar-refractivity contribution in [2.75, 3.05) is 85.0 Å². The Labute approximate surface area is 387 Å². The second-order valence-corrected chi connectivity index (χ2v) is 15.6. The van der Waals surface area contributed by atoms with E-state index in [1.807, 2.05) is 0 Å². The van der Waals surface area contributed by atoms with E-state index in [0.717, 1.165) is 32.1 Å². The molecule has 0 fully saturated rings. The SMILES string of the molecule is COC(=O)CC[C@H](NC(=O)CCOCCOCCOCCOCCNC(=O)CO[C@@H]1C#CCCCCC1)C(=O)N[C@H](C(=O)N[C@@H](CCCNC(N)=O)C(=O)Nc1ccc(CO)cc1)C(C)C. The van der Waals surface area contributed by atoms with Gasteiger partial charge in [-0.15, -0.1) is 5.92 Å². The van der Waals surface area contributed by atoms with Crippen LogP contribution in [0.1, 0.15) is 83.6 Å². The van der Waals surface area contributed by atoms with Gasteiger partial charge < -0.3 is 71.2 Å². The molecule has 0 unspecified atom stereocenters. The molecule has 1 aliphatic rings. The van der Waals surface area contributed by atoms with E-state index in [0.29, 0.717) is 50.8 Å². The van der Waals surface area contributed by atoms with Gasteiger partial charge in [-0.25, -0.2) is 4.79 Å². The molecule has 7 amide bonds. The minimum Gasteiger partial charge on any atom is -0.469 e. The van der Waals surface area contributed by atoms with Gasteiger partial charge in [-0.1, -0.05) is 38.3 Å². The molecule has 21 nitrogen and oxygen atoms in total. The van der Waals surface area contributed by atoms with Crippen LogP contribution in [0.2, 0.25) is 0 Å². The van der Waals surface area contributed by atoms with Crippen LogP contribution in [0.5, 0.6) is 0 Å². The van der Waals surface area contributed by atoms with Gasteiger partial charge in [-0.2, -0.15) is 0 Å². The fourth-order valence-electron chi connectivity index (χ4n) is 6.18. The second-order valence-electron chi connectivity index (χ2n) is 15.6. The smallest absolute Gasteiger partial charge is 0.312 e. The monoisotopic (exact) mass is 934 g/mol. The van der Waals surface area contributed by atoms with Crippen molar-refractivity contribution >= 4 is 47.2 Å². The predicted octanol–water partition coefficient (Wildman–Crippen LogP) is 0.555. The van der Waals surface area contributed by atoms with Gasteiger partial charge in [-0.05, 0) is 62.1 Å². The summed E-state index contributed by atoms with van der Waals surface area (Å²) in [6.07, 6.45) is 4.73. The number of hydrogen-bond donors (Lipinski definition) is 8. The third-order valence-corrected chi connectivity index (χ3v) is 9.87. The van der Waals surface area contributed by atoms with Crippen LogP contribution in [0.25, 0.3) is 0 Å². The summed E-state index contributed by atoms with van der Waals surface area (Å²) in [6.45, 7) is 5.75. The summed E-state index contributed by atoms with van der Waals surface area (Å²) >= 11 is 0. The molecule has 66 heavy (non-hydrogen) atoms. The highest BCUT2D eigenvalue weighted by atomic mass is 16.6. The van der Waals surface area contributed by atoms with E-state index in [4.69, 9.17) is 34.2 Å². The van der Waals surface area contributed by atoms with Gasteiger partial charge in [0.1, 0.15) is 30.8 Å². The zero-order valence-electron chi connectivity index (χ0n) is 38.6. The number of hydrogen-bond acceptors (Lipinski definition) is 14. The van der Waals surface area contributed by atoms with Gasteiger partial charge in [0.25, 0.3) is 0 Å². The Morgan fingerprint density at radius 2 is 1.38 bits per heavy atom. The number of aliphatic hydroxyl groups excluding tert-OH is 1. The maximum atomic E-state index is 13.7. The van der Waals surface area contributed by atoms with Crippen LogP contribution in [-0.4, -0.2) is 151 Å². The highest BCUT2D eigenvalue weighted by molar-refractivity contribution is 5.99. The van der Waals surface area contributed by atoms with Gasteiger partial charge in [0.15, 0.2) is 0 Å². The first-order valence-electron chi connectivity index (χ1n) is 22.5. The Balaban J connectivity index is 1.73. The molecule has 0 heterocycles. The van der Waals surface area contributed by atoms with E-state index in [9.17, 15) is 38.7 Å². The third kappa shape index (κ3) is 26.6. The first-order valence-corrected chi connectivity index (χ1v) is 22.5. The van der Waals surface area contributed by atoms with Crippen LogP contribution in [-0.2, 0) is 63.8 Å². The van der Waals surface area contributed by atoms with Crippen LogP contribution in [0, 0.1) is 17.8 Å². The number of carbonyl (C=O) groups excluding carboxylic acids is 7. The summed E-state index contributed by atoms with van der Waals surface area (Å²) in [4.78, 5) is 88.7. The number of benzene rings is 1. The second kappa shape index (κ2) is 34.9. The molecule has 370 valence electrons. The van der Waals surface area contributed by atoms with Crippen molar-refractivity contribution in [1.29, 1.82) is 0 Å². The third-order valence-electron chi connectivity index (χ3n) is 9.87. The van der Waals surface area contributed by atoms with Crippen LogP contribution in [0.4, 0.5) is 10.5 Å². The summed E-state index contributed by atoms with van der Waals surface area (Å²) in [5.74, 6) is 2.35. The van der Waals surface area contributed by atoms with Crippen molar-refractivity contribution < 1.29 is 67.1 Å². The molecular weight excluding hydrogens is 863 g/mol. The Kier molecular flexibility index (Phi) is 30.0. The Bertz CT molecular complexity index is 1690. The molecule has 0 aromatic heterocycles. The summed E-state index contributed by atoms with van der Waals surface area (Å²) in [5, 5.41) is 25.2. The van der Waals surface area contributed by atoms with E-state index in [1.165, 1.54) is 7.11 Å². The fourth-order valence-corrected chi connectivity index (χ4v) is 6.18. The van der Waals surface area contributed by atoms with E-state index in [-0.39, 0.29) is 83.7 Å². The minimum absolute atomic E-state index is 0.0120. The number of ether oxygens (including phenoxy) is 6. The number of rotatable bonds is 34. The largest absolute Gasteiger partial charge is 0.469 e. The molecule has 0 radical (unpaired) electrons. The molecule has 2 rings (SSSR count). The predicted molar refractivity (Wildman–Crippen MR) is 241 cm³/mol. The number of nitrogens with one attached hydrogen (secondary N) is 6. The molecule has 9 N–H and O–H groups in total. The van der Waals surface area contributed by atoms with E-state index in [2.05, 4.69) is 43.7 Å². The van der Waals surface area contributed by atoms with E-state index in [1.54, 1.807) is 38.1 Å². The average Bonchev–Trinajstić information content (AvgIpc) is 3.28. The summed E-state index contributed by atoms with van der Waals surface area (Å²) in [5.41, 5.74) is 6.21. The average molecular weight is 934 g/mol. The Morgan fingerprint density at radius 3 is 2.02 bits per heavy atom. The highest BCUT2D eigenvalue weighted by Gasteiger charge is 2.32. The van der Waals surface area contributed by atoms with Crippen LogP contribution in [0.15, 0.2) is 24.3 Å². The van der Waals surface area contributed by atoms with Crippen molar-refractivity contribution in [2.24, 2.45) is 11.7 Å². The summed E-state index contributed by atoms with van der Waals surface area (Å²) in [7, 11) is 1.19. The number of nitrogens with two attached hydrogens (primary N) is 1. The molecule has 1 aromatic carbocycles. The Morgan fingerprint density at radius 1 is 0.727 bits per heavy atom. The number of amides is 7. The first-order chi connectivity index (χ1) is 31.8. The first kappa shape index (κ1) is 56.8. The fraction of sp³-hybridized carbons (Fsp3) is 0.667. The lowest BCUT2D eigenvalue weighted by molar-refractivity contribution is -0.141. The van der Waals surface area contributed by atoms with Crippen molar-refractivity contribution in [3.63, 3.8) is 0 Å². The minimum atomic E-state index is -1.22. The van der Waals surface area contributed by atoms with Crippen molar-refractivity contribution in [1.82, 2.24) is 26.6 Å². The summed E-state index contributed by atoms with van der Waals surface area (Å²) < 4.78 is 32.3. The number of carbonyl (C=O) groups is 7. The molecule has 4 atom stereocenters. The van der Waals surface area contributed by atoms with Gasteiger partial charge in [0.2, 0.25) is 29.5 Å². The molecular formula is C45H71N7O14. The van der Waals surface area contributed by atoms with Gasteiger partial charge in [0, 0.05) is 38.0 Å². The normalized spacial score (nSPS) is 14.8. The number of aliphatic hydroxyl groups is 1. The molecule has 21 heteroatoms. The molecule has 0 bridgehead atoms. The van der Waals surface area contributed by atoms with Crippen LogP contribution in [0.3, 0.4) is 0 Å².